The summed E-state index contributed by atoms with van der Waals surface area (Å²) < 4.78 is 0. The van der Waals surface area contributed by atoms with Crippen LogP contribution in [0.4, 0.5) is 0 Å². The molecule has 3 aromatic rings. The van der Waals surface area contributed by atoms with Gasteiger partial charge in [-0.25, -0.2) is 0 Å². The van der Waals surface area contributed by atoms with Crippen LogP contribution in [0.1, 0.15) is 5.56 Å². The van der Waals surface area contributed by atoms with E-state index in [1.165, 1.54) is 4.90 Å². The zero-order valence-electron chi connectivity index (χ0n) is 15.0. The Balaban J connectivity index is 1.39. The summed E-state index contributed by atoms with van der Waals surface area (Å²) in [5.41, 5.74) is 0.963. The molecule has 0 aliphatic heterocycles. The molecule has 0 aliphatic rings. The van der Waals surface area contributed by atoms with E-state index in [2.05, 4.69) is 10.6 Å². The van der Waals surface area contributed by atoms with E-state index in [1.807, 2.05) is 72.8 Å². The van der Waals surface area contributed by atoms with Crippen LogP contribution in [0, 0.1) is 0 Å². The minimum atomic E-state index is -0.171. The summed E-state index contributed by atoms with van der Waals surface area (Å²) in [7, 11) is 0. The Kier molecular flexibility index (Phi) is 6.88. The monoisotopic (exact) mass is 378 g/mol. The molecule has 5 heteroatoms. The molecule has 0 unspecified atom stereocenters. The third-order valence-corrected chi connectivity index (χ3v) is 5.13. The summed E-state index contributed by atoms with van der Waals surface area (Å²) in [5.74, 6) is 0.467. The van der Waals surface area contributed by atoms with Gasteiger partial charge in [-0.05, 0) is 28.5 Å². The van der Waals surface area contributed by atoms with Crippen molar-refractivity contribution in [2.24, 2.45) is 0 Å². The van der Waals surface area contributed by atoms with Crippen molar-refractivity contribution >= 4 is 34.3 Å². The van der Waals surface area contributed by atoms with E-state index in [4.69, 9.17) is 0 Å². The largest absolute Gasteiger partial charge is 0.354 e. The first-order chi connectivity index (χ1) is 13.2. The maximum absolute atomic E-state index is 12.2. The second-order valence-corrected chi connectivity index (χ2v) is 7.27. The summed E-state index contributed by atoms with van der Waals surface area (Å²) in [6.07, 6.45) is 0.262. The quantitative estimate of drug-likeness (QED) is 0.467. The Bertz CT molecular complexity index is 907. The number of hydrogen-bond donors (Lipinski definition) is 2. The second kappa shape index (κ2) is 9.78. The van der Waals surface area contributed by atoms with Gasteiger partial charge in [0.05, 0.1) is 13.0 Å². The fraction of sp³-hybridized carbons (Fsp3) is 0.182. The zero-order chi connectivity index (χ0) is 18.9. The van der Waals surface area contributed by atoms with Crippen LogP contribution in [-0.2, 0) is 16.0 Å². The molecule has 138 valence electrons. The van der Waals surface area contributed by atoms with E-state index in [1.54, 1.807) is 11.8 Å². The molecule has 27 heavy (non-hydrogen) atoms. The predicted octanol–water partition coefficient (Wildman–Crippen LogP) is 3.41. The molecule has 0 radical (unpaired) electrons. The standard InChI is InChI=1S/C22H22N2O2S/c25-21(15-18-9-6-8-17-7-4-5-12-20(17)18)24-16-22(26)23-13-14-27-19-10-2-1-3-11-19/h1-12H,13-16H2,(H,23,26)(H,24,25). The Morgan fingerprint density at radius 2 is 1.52 bits per heavy atom. The van der Waals surface area contributed by atoms with Crippen molar-refractivity contribution in [3.63, 3.8) is 0 Å². The molecule has 0 spiro atoms. The number of carbonyl (C=O) groups is 2. The molecular formula is C22H22N2O2S. The smallest absolute Gasteiger partial charge is 0.239 e. The maximum atomic E-state index is 12.2. The highest BCUT2D eigenvalue weighted by Crippen LogP contribution is 2.18. The van der Waals surface area contributed by atoms with Crippen molar-refractivity contribution in [1.82, 2.24) is 10.6 Å². The van der Waals surface area contributed by atoms with E-state index >= 15 is 0 Å². The molecule has 2 N–H and O–H groups in total. The number of hydrogen-bond acceptors (Lipinski definition) is 3. The molecule has 0 saturated heterocycles. The highest BCUT2D eigenvalue weighted by molar-refractivity contribution is 7.99. The fourth-order valence-corrected chi connectivity index (χ4v) is 3.59. The normalized spacial score (nSPS) is 10.5. The zero-order valence-corrected chi connectivity index (χ0v) is 15.8. The highest BCUT2D eigenvalue weighted by atomic mass is 32.2. The van der Waals surface area contributed by atoms with Gasteiger partial charge >= 0.3 is 0 Å². The molecule has 3 rings (SSSR count). The molecule has 0 fully saturated rings. The number of thioether (sulfide) groups is 1. The van der Waals surface area contributed by atoms with Gasteiger partial charge in [0.15, 0.2) is 0 Å². The molecule has 2 amide bonds. The number of amides is 2. The van der Waals surface area contributed by atoms with Gasteiger partial charge in [0, 0.05) is 17.2 Å². The first-order valence-corrected chi connectivity index (χ1v) is 9.89. The van der Waals surface area contributed by atoms with Crippen LogP contribution >= 0.6 is 11.8 Å². The van der Waals surface area contributed by atoms with E-state index in [-0.39, 0.29) is 24.8 Å². The molecule has 0 bridgehead atoms. The number of fused-ring (bicyclic) bond motifs is 1. The lowest BCUT2D eigenvalue weighted by Crippen LogP contribution is -2.38. The highest BCUT2D eigenvalue weighted by Gasteiger charge is 2.08. The topological polar surface area (TPSA) is 58.2 Å². The molecule has 0 saturated carbocycles. The lowest BCUT2D eigenvalue weighted by molar-refractivity contribution is -0.125. The summed E-state index contributed by atoms with van der Waals surface area (Å²) in [5, 5.41) is 7.70. The van der Waals surface area contributed by atoms with Crippen LogP contribution in [0.3, 0.4) is 0 Å². The molecule has 0 aromatic heterocycles. The van der Waals surface area contributed by atoms with Crippen molar-refractivity contribution in [3.8, 4) is 0 Å². The molecule has 4 nitrogen and oxygen atoms in total. The van der Waals surface area contributed by atoms with Gasteiger partial charge in [-0.2, -0.15) is 0 Å². The number of benzene rings is 3. The number of carbonyl (C=O) groups excluding carboxylic acids is 2. The molecule has 3 aromatic carbocycles. The van der Waals surface area contributed by atoms with Gasteiger partial charge in [-0.3, -0.25) is 9.59 Å². The van der Waals surface area contributed by atoms with E-state index in [0.717, 1.165) is 22.1 Å². The van der Waals surface area contributed by atoms with Gasteiger partial charge < -0.3 is 10.6 Å². The lowest BCUT2D eigenvalue weighted by atomic mass is 10.0. The molecule has 0 aliphatic carbocycles. The predicted molar refractivity (Wildman–Crippen MR) is 111 cm³/mol. The molecular weight excluding hydrogens is 356 g/mol. The summed E-state index contributed by atoms with van der Waals surface area (Å²) in [4.78, 5) is 25.2. The minimum absolute atomic E-state index is 0.000394. The van der Waals surface area contributed by atoms with Crippen molar-refractivity contribution in [3.05, 3.63) is 78.4 Å². The minimum Gasteiger partial charge on any atom is -0.354 e. The van der Waals surface area contributed by atoms with Crippen molar-refractivity contribution in [1.29, 1.82) is 0 Å². The third-order valence-electron chi connectivity index (χ3n) is 4.11. The van der Waals surface area contributed by atoms with Crippen molar-refractivity contribution in [2.45, 2.75) is 11.3 Å². The van der Waals surface area contributed by atoms with Crippen LogP contribution in [0.25, 0.3) is 10.8 Å². The van der Waals surface area contributed by atoms with E-state index < -0.39 is 0 Å². The summed E-state index contributed by atoms with van der Waals surface area (Å²) in [6.45, 7) is 0.567. The Labute approximate surface area is 163 Å². The Morgan fingerprint density at radius 3 is 2.37 bits per heavy atom. The van der Waals surface area contributed by atoms with E-state index in [0.29, 0.717) is 6.54 Å². The van der Waals surface area contributed by atoms with Gasteiger partial charge in [-0.1, -0.05) is 60.7 Å². The van der Waals surface area contributed by atoms with Crippen LogP contribution in [0.5, 0.6) is 0 Å². The summed E-state index contributed by atoms with van der Waals surface area (Å²) in [6, 6.07) is 23.9. The van der Waals surface area contributed by atoms with Gasteiger partial charge in [0.1, 0.15) is 0 Å². The Hall–Kier alpha value is -2.79. The van der Waals surface area contributed by atoms with Crippen LogP contribution in [-0.4, -0.2) is 30.7 Å². The number of nitrogens with one attached hydrogen (secondary N) is 2. The summed E-state index contributed by atoms with van der Waals surface area (Å²) >= 11 is 1.69. The first-order valence-electron chi connectivity index (χ1n) is 8.90. The van der Waals surface area contributed by atoms with Crippen LogP contribution in [0.15, 0.2) is 77.7 Å². The van der Waals surface area contributed by atoms with Crippen molar-refractivity contribution < 1.29 is 9.59 Å². The molecule has 0 heterocycles. The lowest BCUT2D eigenvalue weighted by Gasteiger charge is -2.09. The van der Waals surface area contributed by atoms with Crippen LogP contribution in [0.2, 0.25) is 0 Å². The first kappa shape index (κ1) is 19.0. The van der Waals surface area contributed by atoms with Gasteiger partial charge in [0.25, 0.3) is 0 Å². The fourth-order valence-electron chi connectivity index (χ4n) is 2.80. The average molecular weight is 378 g/mol. The molecule has 0 atom stereocenters. The van der Waals surface area contributed by atoms with E-state index in [9.17, 15) is 9.59 Å². The van der Waals surface area contributed by atoms with Crippen LogP contribution < -0.4 is 10.6 Å². The van der Waals surface area contributed by atoms with Gasteiger partial charge in [0.2, 0.25) is 11.8 Å². The second-order valence-electron chi connectivity index (χ2n) is 6.10. The van der Waals surface area contributed by atoms with Crippen molar-refractivity contribution in [2.75, 3.05) is 18.8 Å². The maximum Gasteiger partial charge on any atom is 0.239 e. The average Bonchev–Trinajstić information content (AvgIpc) is 2.71. The number of rotatable bonds is 8. The third kappa shape index (κ3) is 5.86. The Morgan fingerprint density at radius 1 is 0.778 bits per heavy atom. The van der Waals surface area contributed by atoms with Gasteiger partial charge in [-0.15, -0.1) is 11.8 Å². The SMILES string of the molecule is O=C(CNC(=O)Cc1cccc2ccccc12)NCCSc1ccccc1.